The van der Waals surface area contributed by atoms with Crippen LogP contribution in [0.15, 0.2) is 78.9 Å². The first-order chi connectivity index (χ1) is 12.6. The molecule has 0 unspecified atom stereocenters. The first kappa shape index (κ1) is 19.3. The molecule has 0 atom stereocenters. The number of carbonyl (C=O) groups excluding carboxylic acids is 2. The van der Waals surface area contributed by atoms with Gasteiger partial charge in [0.15, 0.2) is 0 Å². The highest BCUT2D eigenvalue weighted by Gasteiger charge is 2.10. The second-order valence-electron chi connectivity index (χ2n) is 5.91. The molecular weight excluding hydrogens is 326 g/mol. The summed E-state index contributed by atoms with van der Waals surface area (Å²) >= 11 is 0. The number of hydrogen-bond acceptors (Lipinski definition) is 3. The molecule has 0 aliphatic carbocycles. The van der Waals surface area contributed by atoms with Crippen molar-refractivity contribution < 1.29 is 14.3 Å². The van der Waals surface area contributed by atoms with Gasteiger partial charge in [0, 0.05) is 12.5 Å². The number of rotatable bonds is 8. The zero-order chi connectivity index (χ0) is 18.8. The van der Waals surface area contributed by atoms with Gasteiger partial charge >= 0.3 is 0 Å². The lowest BCUT2D eigenvalue weighted by atomic mass is 10.0. The van der Waals surface area contributed by atoms with Crippen LogP contribution in [0.4, 0.5) is 0 Å². The standard InChI is InChI=1S/C22H23NO3/c1-17(15-26-16-19-10-4-3-5-11-19)9-8-13-20-12-6-7-14-21(20)22(25)23-18(2)24/h3-12,14H,1,13,15-16H2,2H3,(H,23,24,25)/b9-8+. The summed E-state index contributed by atoms with van der Waals surface area (Å²) in [5.41, 5.74) is 3.32. The molecule has 0 spiro atoms. The number of carbonyl (C=O) groups is 2. The molecule has 134 valence electrons. The van der Waals surface area contributed by atoms with E-state index in [9.17, 15) is 9.59 Å². The van der Waals surface area contributed by atoms with Crippen LogP contribution in [-0.4, -0.2) is 18.4 Å². The normalized spacial score (nSPS) is 10.7. The van der Waals surface area contributed by atoms with Crippen molar-refractivity contribution in [2.75, 3.05) is 6.61 Å². The highest BCUT2D eigenvalue weighted by molar-refractivity contribution is 6.04. The maximum atomic E-state index is 12.1. The molecule has 0 fully saturated rings. The Balaban J connectivity index is 1.85. The van der Waals surface area contributed by atoms with Crippen LogP contribution in [0.25, 0.3) is 0 Å². The van der Waals surface area contributed by atoms with Gasteiger partial charge in [-0.2, -0.15) is 0 Å². The van der Waals surface area contributed by atoms with Gasteiger partial charge in [-0.3, -0.25) is 14.9 Å². The molecule has 4 nitrogen and oxygen atoms in total. The van der Waals surface area contributed by atoms with Gasteiger partial charge < -0.3 is 4.74 Å². The number of allylic oxidation sites excluding steroid dienone is 1. The van der Waals surface area contributed by atoms with Gasteiger partial charge in [-0.05, 0) is 29.2 Å². The molecule has 0 saturated heterocycles. The molecule has 0 aliphatic heterocycles. The van der Waals surface area contributed by atoms with Crippen molar-refractivity contribution in [1.82, 2.24) is 5.32 Å². The van der Waals surface area contributed by atoms with Crippen molar-refractivity contribution in [3.05, 3.63) is 95.6 Å². The molecule has 0 aromatic heterocycles. The van der Waals surface area contributed by atoms with Gasteiger partial charge in [0.05, 0.1) is 13.2 Å². The second kappa shape index (κ2) is 10.1. The van der Waals surface area contributed by atoms with Crippen molar-refractivity contribution >= 4 is 11.8 Å². The minimum atomic E-state index is -0.383. The minimum Gasteiger partial charge on any atom is -0.372 e. The number of ether oxygens (including phenoxy) is 1. The maximum absolute atomic E-state index is 12.1. The predicted molar refractivity (Wildman–Crippen MR) is 103 cm³/mol. The van der Waals surface area contributed by atoms with E-state index in [0.717, 1.165) is 16.7 Å². The first-order valence-corrected chi connectivity index (χ1v) is 8.42. The van der Waals surface area contributed by atoms with E-state index in [2.05, 4.69) is 11.9 Å². The third-order valence-corrected chi connectivity index (χ3v) is 3.64. The average Bonchev–Trinajstić information content (AvgIpc) is 2.62. The van der Waals surface area contributed by atoms with Crippen LogP contribution in [0, 0.1) is 0 Å². The quantitative estimate of drug-likeness (QED) is 0.737. The monoisotopic (exact) mass is 349 g/mol. The smallest absolute Gasteiger partial charge is 0.258 e. The van der Waals surface area contributed by atoms with Crippen LogP contribution in [-0.2, 0) is 22.6 Å². The van der Waals surface area contributed by atoms with Crippen LogP contribution in [0.2, 0.25) is 0 Å². The maximum Gasteiger partial charge on any atom is 0.258 e. The number of hydrogen-bond donors (Lipinski definition) is 1. The van der Waals surface area contributed by atoms with Crippen LogP contribution in [0.1, 0.15) is 28.4 Å². The Labute approximate surface area is 154 Å². The zero-order valence-electron chi connectivity index (χ0n) is 14.9. The summed E-state index contributed by atoms with van der Waals surface area (Å²) in [6, 6.07) is 17.2. The molecule has 26 heavy (non-hydrogen) atoms. The molecule has 2 aromatic carbocycles. The fraction of sp³-hybridized carbons (Fsp3) is 0.182. The Kier molecular flexibility index (Phi) is 7.52. The Morgan fingerprint density at radius 2 is 1.77 bits per heavy atom. The molecule has 1 N–H and O–H groups in total. The number of nitrogens with one attached hydrogen (secondary N) is 1. The number of benzene rings is 2. The van der Waals surface area contributed by atoms with Crippen molar-refractivity contribution in [3.63, 3.8) is 0 Å². The highest BCUT2D eigenvalue weighted by atomic mass is 16.5. The third kappa shape index (κ3) is 6.49. The molecule has 0 heterocycles. The van der Waals surface area contributed by atoms with Gasteiger partial charge in [-0.1, -0.05) is 67.3 Å². The largest absolute Gasteiger partial charge is 0.372 e. The summed E-state index contributed by atoms with van der Waals surface area (Å²) in [5, 5.41) is 2.30. The zero-order valence-corrected chi connectivity index (χ0v) is 14.9. The van der Waals surface area contributed by atoms with E-state index >= 15 is 0 Å². The molecule has 0 aliphatic rings. The lowest BCUT2D eigenvalue weighted by Crippen LogP contribution is -2.28. The molecule has 0 saturated carbocycles. The van der Waals surface area contributed by atoms with Gasteiger partial charge in [-0.25, -0.2) is 0 Å². The summed E-state index contributed by atoms with van der Waals surface area (Å²) in [7, 11) is 0. The summed E-state index contributed by atoms with van der Waals surface area (Å²) in [6.07, 6.45) is 4.40. The lowest BCUT2D eigenvalue weighted by Gasteiger charge is -2.07. The SMILES string of the molecule is C=C(/C=C/Cc1ccccc1C(=O)NC(C)=O)COCc1ccccc1. The molecule has 0 radical (unpaired) electrons. The highest BCUT2D eigenvalue weighted by Crippen LogP contribution is 2.11. The van der Waals surface area contributed by atoms with E-state index in [4.69, 9.17) is 4.74 Å². The van der Waals surface area contributed by atoms with Gasteiger partial charge in [0.2, 0.25) is 5.91 Å². The summed E-state index contributed by atoms with van der Waals surface area (Å²) in [4.78, 5) is 23.1. The molecule has 2 rings (SSSR count). The fourth-order valence-electron chi connectivity index (χ4n) is 2.42. The molecule has 2 aromatic rings. The van der Waals surface area contributed by atoms with Crippen molar-refractivity contribution in [1.29, 1.82) is 0 Å². The van der Waals surface area contributed by atoms with Gasteiger partial charge in [-0.15, -0.1) is 0 Å². The van der Waals surface area contributed by atoms with Crippen molar-refractivity contribution in [2.45, 2.75) is 20.0 Å². The van der Waals surface area contributed by atoms with E-state index in [-0.39, 0.29) is 11.8 Å². The van der Waals surface area contributed by atoms with Crippen LogP contribution >= 0.6 is 0 Å². The van der Waals surface area contributed by atoms with Crippen LogP contribution in [0.3, 0.4) is 0 Å². The third-order valence-electron chi connectivity index (χ3n) is 3.64. The minimum absolute atomic E-state index is 0.371. The second-order valence-corrected chi connectivity index (χ2v) is 5.91. The topological polar surface area (TPSA) is 55.4 Å². The van der Waals surface area contributed by atoms with Crippen molar-refractivity contribution in [3.8, 4) is 0 Å². The van der Waals surface area contributed by atoms with E-state index in [1.165, 1.54) is 6.92 Å². The number of amides is 2. The first-order valence-electron chi connectivity index (χ1n) is 8.42. The molecule has 4 heteroatoms. The Bertz CT molecular complexity index is 794. The molecular formula is C22H23NO3. The molecule has 2 amide bonds. The average molecular weight is 349 g/mol. The summed E-state index contributed by atoms with van der Waals surface area (Å²) in [5.74, 6) is -0.754. The van der Waals surface area contributed by atoms with Gasteiger partial charge in [0.25, 0.3) is 5.91 Å². The summed E-state index contributed by atoms with van der Waals surface area (Å²) in [6.45, 7) is 6.28. The Hall–Kier alpha value is -2.98. The molecule has 0 bridgehead atoms. The summed E-state index contributed by atoms with van der Waals surface area (Å²) < 4.78 is 5.64. The van der Waals surface area contributed by atoms with E-state index in [1.807, 2.05) is 54.6 Å². The van der Waals surface area contributed by atoms with E-state index < -0.39 is 0 Å². The van der Waals surface area contributed by atoms with Crippen molar-refractivity contribution in [2.24, 2.45) is 0 Å². The Morgan fingerprint density at radius 3 is 2.50 bits per heavy atom. The van der Waals surface area contributed by atoms with Crippen LogP contribution in [0.5, 0.6) is 0 Å². The Morgan fingerprint density at radius 1 is 1.08 bits per heavy atom. The van der Waals surface area contributed by atoms with Crippen LogP contribution < -0.4 is 5.32 Å². The van der Waals surface area contributed by atoms with Gasteiger partial charge in [0.1, 0.15) is 0 Å². The lowest BCUT2D eigenvalue weighted by molar-refractivity contribution is -0.118. The van der Waals surface area contributed by atoms with E-state index in [0.29, 0.717) is 25.2 Å². The van der Waals surface area contributed by atoms with E-state index in [1.54, 1.807) is 12.1 Å². The number of imide groups is 1. The fourth-order valence-corrected chi connectivity index (χ4v) is 2.42. The predicted octanol–water partition coefficient (Wildman–Crippen LogP) is 3.83.